The number of nitro groups is 1. The lowest BCUT2D eigenvalue weighted by Crippen LogP contribution is -2.49. The number of rotatable bonds is 8. The monoisotopic (exact) mass is 549 g/mol. The molecule has 10 nitrogen and oxygen atoms in total. The zero-order chi connectivity index (χ0) is 29.8. The highest BCUT2D eigenvalue weighted by molar-refractivity contribution is 6.08. The van der Waals surface area contributed by atoms with E-state index >= 15 is 0 Å². The molecule has 212 valence electrons. The number of ether oxygens (including phenoxy) is 2. The van der Waals surface area contributed by atoms with Gasteiger partial charge in [0.2, 0.25) is 0 Å². The summed E-state index contributed by atoms with van der Waals surface area (Å²) in [4.78, 5) is 51.5. The molecule has 2 atom stereocenters. The Morgan fingerprint density at radius 3 is 2.23 bits per heavy atom. The molecule has 0 spiro atoms. The van der Waals surface area contributed by atoms with Crippen LogP contribution in [-0.4, -0.2) is 41.5 Å². The summed E-state index contributed by atoms with van der Waals surface area (Å²) in [5, 5.41) is 17.6. The van der Waals surface area contributed by atoms with Crippen molar-refractivity contribution in [2.24, 2.45) is 5.92 Å². The highest BCUT2D eigenvalue weighted by Crippen LogP contribution is 2.42. The number of dihydropyridines is 1. The Morgan fingerprint density at radius 1 is 1.02 bits per heavy atom. The fraction of sp³-hybridized carbons (Fsp3) is 0.367. The second kappa shape index (κ2) is 12.1. The van der Waals surface area contributed by atoms with Crippen molar-refractivity contribution in [3.05, 3.63) is 92.7 Å². The molecule has 0 saturated heterocycles. The number of allylic oxidation sites excluding steroid dienone is 1. The first-order valence-corrected chi connectivity index (χ1v) is 12.9. The van der Waals surface area contributed by atoms with E-state index in [1.165, 1.54) is 25.3 Å². The van der Waals surface area contributed by atoms with E-state index in [-0.39, 0.29) is 22.8 Å². The van der Waals surface area contributed by atoms with Crippen LogP contribution in [0.2, 0.25) is 0 Å². The summed E-state index contributed by atoms with van der Waals surface area (Å²) < 4.78 is 10.6. The van der Waals surface area contributed by atoms with Gasteiger partial charge in [0.25, 0.3) is 11.6 Å². The number of nitrogens with one attached hydrogen (secondary N) is 2. The summed E-state index contributed by atoms with van der Waals surface area (Å²) in [5.41, 5.74) is 1.04. The Kier molecular flexibility index (Phi) is 9.13. The second-order valence-corrected chi connectivity index (χ2v) is 10.8. The molecule has 2 aromatic rings. The summed E-state index contributed by atoms with van der Waals surface area (Å²) >= 11 is 0. The minimum Gasteiger partial charge on any atom is -0.466 e. The van der Waals surface area contributed by atoms with Gasteiger partial charge in [-0.15, -0.1) is 0 Å². The predicted molar refractivity (Wildman–Crippen MR) is 150 cm³/mol. The number of esters is 2. The van der Waals surface area contributed by atoms with Gasteiger partial charge in [-0.2, -0.15) is 0 Å². The molecular weight excluding hydrogens is 514 g/mol. The van der Waals surface area contributed by atoms with Crippen LogP contribution in [0.5, 0.6) is 0 Å². The van der Waals surface area contributed by atoms with Crippen LogP contribution in [0.25, 0.3) is 5.70 Å². The van der Waals surface area contributed by atoms with E-state index in [1.54, 1.807) is 71.9 Å². The third-order valence-electron chi connectivity index (χ3n) is 6.30. The molecule has 40 heavy (non-hydrogen) atoms. The minimum absolute atomic E-state index is 0.104. The molecular formula is C30H35N3O7. The molecule has 0 aromatic heterocycles. The number of hydrogen-bond donors (Lipinski definition) is 2. The fourth-order valence-electron chi connectivity index (χ4n) is 4.52. The Morgan fingerprint density at radius 2 is 1.68 bits per heavy atom. The van der Waals surface area contributed by atoms with Gasteiger partial charge in [-0.25, -0.2) is 9.59 Å². The van der Waals surface area contributed by atoms with Gasteiger partial charge in [-0.1, -0.05) is 56.3 Å². The summed E-state index contributed by atoms with van der Waals surface area (Å²) in [5.74, 6) is -3.32. The normalized spacial score (nSPS) is 16.2. The maximum atomic E-state index is 14.2. The Labute approximate surface area is 233 Å². The third kappa shape index (κ3) is 6.74. The van der Waals surface area contributed by atoms with Crippen molar-refractivity contribution in [1.29, 1.82) is 0 Å². The number of hydrogen-bond acceptors (Lipinski definition) is 8. The van der Waals surface area contributed by atoms with E-state index < -0.39 is 40.3 Å². The van der Waals surface area contributed by atoms with Crippen LogP contribution >= 0.6 is 0 Å². The standard InChI is InChI=1S/C30H35N3O7/c1-17(2)25(29(36)40-30(4,5)6)32-27(34)24-23(20-14-11-15-21(16-20)33(37)38)22(28(35)39-7)18(3)31-26(24)19-12-9-8-10-13-19/h8-17,23,25,31H,1-7H3,(H,32,34). The van der Waals surface area contributed by atoms with Crippen molar-refractivity contribution in [3.8, 4) is 0 Å². The van der Waals surface area contributed by atoms with E-state index in [1.807, 2.05) is 6.07 Å². The molecule has 0 radical (unpaired) electrons. The maximum Gasteiger partial charge on any atom is 0.336 e. The predicted octanol–water partition coefficient (Wildman–Crippen LogP) is 4.62. The number of methoxy groups -OCH3 is 1. The van der Waals surface area contributed by atoms with Crippen LogP contribution in [0.4, 0.5) is 5.69 Å². The van der Waals surface area contributed by atoms with Crippen molar-refractivity contribution in [1.82, 2.24) is 10.6 Å². The van der Waals surface area contributed by atoms with Crippen molar-refractivity contribution < 1.29 is 28.8 Å². The Hall–Kier alpha value is -4.47. The lowest BCUT2D eigenvalue weighted by Gasteiger charge is -2.33. The van der Waals surface area contributed by atoms with Crippen molar-refractivity contribution in [2.75, 3.05) is 7.11 Å². The van der Waals surface area contributed by atoms with Gasteiger partial charge in [-0.3, -0.25) is 14.9 Å². The van der Waals surface area contributed by atoms with E-state index in [0.717, 1.165) is 0 Å². The smallest absolute Gasteiger partial charge is 0.336 e. The van der Waals surface area contributed by atoms with Gasteiger partial charge >= 0.3 is 11.9 Å². The number of amides is 1. The van der Waals surface area contributed by atoms with Gasteiger partial charge in [0.05, 0.1) is 34.8 Å². The summed E-state index contributed by atoms with van der Waals surface area (Å²) in [6.45, 7) is 10.4. The van der Waals surface area contributed by atoms with Gasteiger partial charge in [0.15, 0.2) is 0 Å². The Balaban J connectivity index is 2.27. The number of carbonyl (C=O) groups excluding carboxylic acids is 3. The molecule has 0 fully saturated rings. The third-order valence-corrected chi connectivity index (χ3v) is 6.30. The first-order chi connectivity index (χ1) is 18.7. The zero-order valence-corrected chi connectivity index (χ0v) is 23.7. The minimum atomic E-state index is -1.05. The molecule has 2 unspecified atom stereocenters. The molecule has 10 heteroatoms. The topological polar surface area (TPSA) is 137 Å². The summed E-state index contributed by atoms with van der Waals surface area (Å²) in [7, 11) is 1.22. The molecule has 1 amide bonds. The van der Waals surface area contributed by atoms with Gasteiger partial charge < -0.3 is 20.1 Å². The van der Waals surface area contributed by atoms with Crippen LogP contribution in [0, 0.1) is 16.0 Å². The molecule has 1 aliphatic rings. The quantitative estimate of drug-likeness (QED) is 0.276. The van der Waals surface area contributed by atoms with E-state index in [9.17, 15) is 24.5 Å². The lowest BCUT2D eigenvalue weighted by molar-refractivity contribution is -0.384. The first-order valence-electron chi connectivity index (χ1n) is 12.9. The van der Waals surface area contributed by atoms with Crippen LogP contribution in [-0.2, 0) is 23.9 Å². The van der Waals surface area contributed by atoms with Gasteiger partial charge in [-0.05, 0) is 44.7 Å². The van der Waals surface area contributed by atoms with Crippen LogP contribution in [0.1, 0.15) is 58.6 Å². The number of carbonyl (C=O) groups is 3. The molecule has 2 aromatic carbocycles. The Bertz CT molecular complexity index is 1370. The highest BCUT2D eigenvalue weighted by atomic mass is 16.6. The highest BCUT2D eigenvalue weighted by Gasteiger charge is 2.40. The molecule has 1 aliphatic heterocycles. The SMILES string of the molecule is COC(=O)C1=C(C)NC(c2ccccc2)=C(C(=O)NC(C(=O)OC(C)(C)C)C(C)C)C1c1cccc([N+](=O)[O-])c1. The van der Waals surface area contributed by atoms with Crippen LogP contribution in [0.3, 0.4) is 0 Å². The van der Waals surface area contributed by atoms with Crippen molar-refractivity contribution in [3.63, 3.8) is 0 Å². The summed E-state index contributed by atoms with van der Waals surface area (Å²) in [6.07, 6.45) is 0. The van der Waals surface area contributed by atoms with Crippen molar-refractivity contribution >= 4 is 29.2 Å². The average molecular weight is 550 g/mol. The second-order valence-electron chi connectivity index (χ2n) is 10.8. The molecule has 0 saturated carbocycles. The fourth-order valence-corrected chi connectivity index (χ4v) is 4.52. The van der Waals surface area contributed by atoms with Crippen LogP contribution < -0.4 is 10.6 Å². The van der Waals surface area contributed by atoms with Crippen molar-refractivity contribution in [2.45, 2.75) is 59.1 Å². The van der Waals surface area contributed by atoms with E-state index in [4.69, 9.17) is 9.47 Å². The van der Waals surface area contributed by atoms with E-state index in [2.05, 4.69) is 10.6 Å². The molecule has 3 rings (SSSR count). The molecule has 2 N–H and O–H groups in total. The first kappa shape index (κ1) is 30.1. The molecule has 0 aliphatic carbocycles. The average Bonchev–Trinajstić information content (AvgIpc) is 2.89. The number of benzene rings is 2. The number of non-ortho nitro benzene ring substituents is 1. The van der Waals surface area contributed by atoms with Gasteiger partial charge in [0.1, 0.15) is 11.6 Å². The number of nitrogens with zero attached hydrogens (tertiary/aromatic N) is 1. The summed E-state index contributed by atoms with van der Waals surface area (Å²) in [6, 6.07) is 13.8. The number of nitro benzene ring substituents is 1. The lowest BCUT2D eigenvalue weighted by atomic mass is 9.78. The zero-order valence-electron chi connectivity index (χ0n) is 23.7. The van der Waals surface area contributed by atoms with Gasteiger partial charge in [0, 0.05) is 17.8 Å². The van der Waals surface area contributed by atoms with E-state index in [0.29, 0.717) is 22.5 Å². The molecule has 1 heterocycles. The maximum absolute atomic E-state index is 14.2. The largest absolute Gasteiger partial charge is 0.466 e. The molecule has 0 bridgehead atoms. The van der Waals surface area contributed by atoms with Crippen LogP contribution in [0.15, 0.2) is 71.4 Å².